The van der Waals surface area contributed by atoms with Gasteiger partial charge >= 0.3 is 0 Å². The number of fused-ring (bicyclic) bond motifs is 1. The van der Waals surface area contributed by atoms with Crippen molar-refractivity contribution in [2.75, 3.05) is 47.4 Å². The van der Waals surface area contributed by atoms with Crippen molar-refractivity contribution in [3.05, 3.63) is 65.5 Å². The third-order valence-corrected chi connectivity index (χ3v) is 6.48. The van der Waals surface area contributed by atoms with Gasteiger partial charge in [-0.05, 0) is 55.4 Å². The van der Waals surface area contributed by atoms with Gasteiger partial charge in [0.1, 0.15) is 11.6 Å². The molecule has 30 heavy (non-hydrogen) atoms. The van der Waals surface area contributed by atoms with Crippen LogP contribution in [0.4, 0.5) is 4.39 Å². The summed E-state index contributed by atoms with van der Waals surface area (Å²) in [5.74, 6) is 1.76. The van der Waals surface area contributed by atoms with E-state index in [2.05, 4.69) is 24.1 Å². The molecule has 0 aromatic heterocycles. The van der Waals surface area contributed by atoms with Crippen molar-refractivity contribution in [3.8, 4) is 5.75 Å². The highest BCUT2D eigenvalue weighted by Gasteiger charge is 2.47. The fourth-order valence-corrected chi connectivity index (χ4v) is 5.05. The lowest BCUT2D eigenvalue weighted by Gasteiger charge is -2.28. The van der Waals surface area contributed by atoms with Crippen LogP contribution >= 0.6 is 0 Å². The predicted molar refractivity (Wildman–Crippen MR) is 115 cm³/mol. The zero-order valence-corrected chi connectivity index (χ0v) is 17.9. The smallest absolute Gasteiger partial charge is 0.236 e. The molecule has 1 amide bonds. The van der Waals surface area contributed by atoms with Crippen molar-refractivity contribution in [2.24, 2.45) is 11.8 Å². The SMILES string of the molecule is COc1ccc([C@H]2[C@@H]3CN(C(=O)CN(C)Cc4ccc(F)cc4)C[C@@H]3CN2C)cc1. The molecule has 5 nitrogen and oxygen atoms in total. The van der Waals surface area contributed by atoms with Crippen LogP contribution in [-0.4, -0.2) is 68.0 Å². The van der Waals surface area contributed by atoms with E-state index in [4.69, 9.17) is 4.74 Å². The summed E-state index contributed by atoms with van der Waals surface area (Å²) in [5, 5.41) is 0. The first-order chi connectivity index (χ1) is 14.4. The summed E-state index contributed by atoms with van der Waals surface area (Å²) in [4.78, 5) is 19.4. The van der Waals surface area contributed by atoms with Crippen LogP contribution < -0.4 is 4.74 Å². The fraction of sp³-hybridized carbons (Fsp3) is 0.458. The largest absolute Gasteiger partial charge is 0.497 e. The topological polar surface area (TPSA) is 36.0 Å². The van der Waals surface area contributed by atoms with E-state index in [1.165, 1.54) is 17.7 Å². The molecule has 3 atom stereocenters. The highest BCUT2D eigenvalue weighted by Crippen LogP contribution is 2.44. The monoisotopic (exact) mass is 411 g/mol. The number of likely N-dealkylation sites (N-methyl/N-ethyl adjacent to an activating group) is 1. The number of carbonyl (C=O) groups is 1. The summed E-state index contributed by atoms with van der Waals surface area (Å²) >= 11 is 0. The van der Waals surface area contributed by atoms with Crippen LogP contribution in [0.5, 0.6) is 5.75 Å². The maximum atomic E-state index is 13.1. The molecule has 2 aliphatic rings. The minimum atomic E-state index is -0.238. The number of halogens is 1. The summed E-state index contributed by atoms with van der Waals surface area (Å²) in [5.41, 5.74) is 2.29. The Kier molecular flexibility index (Phi) is 6.06. The molecule has 2 aromatic carbocycles. The molecule has 2 aliphatic heterocycles. The Labute approximate surface area is 178 Å². The molecular formula is C24H30FN3O2. The van der Waals surface area contributed by atoms with Gasteiger partial charge in [-0.15, -0.1) is 0 Å². The summed E-state index contributed by atoms with van der Waals surface area (Å²) in [6, 6.07) is 15.1. The number of rotatable bonds is 6. The molecule has 2 saturated heterocycles. The summed E-state index contributed by atoms with van der Waals surface area (Å²) < 4.78 is 18.4. The van der Waals surface area contributed by atoms with Crippen LogP contribution in [0.3, 0.4) is 0 Å². The van der Waals surface area contributed by atoms with Gasteiger partial charge in [0.2, 0.25) is 5.91 Å². The van der Waals surface area contributed by atoms with Gasteiger partial charge in [0.05, 0.1) is 13.7 Å². The minimum absolute atomic E-state index is 0.171. The molecule has 0 bridgehead atoms. The van der Waals surface area contributed by atoms with Crippen LogP contribution in [0.1, 0.15) is 17.2 Å². The van der Waals surface area contributed by atoms with E-state index in [9.17, 15) is 9.18 Å². The quantitative estimate of drug-likeness (QED) is 0.732. The number of methoxy groups -OCH3 is 1. The van der Waals surface area contributed by atoms with Gasteiger partial charge in [-0.1, -0.05) is 24.3 Å². The van der Waals surface area contributed by atoms with E-state index in [-0.39, 0.29) is 11.7 Å². The second-order valence-electron chi connectivity index (χ2n) is 8.68. The van der Waals surface area contributed by atoms with Gasteiger partial charge in [0.15, 0.2) is 0 Å². The summed E-state index contributed by atoms with van der Waals surface area (Å²) in [6.45, 7) is 3.64. The van der Waals surface area contributed by atoms with Crippen molar-refractivity contribution < 1.29 is 13.9 Å². The van der Waals surface area contributed by atoms with Gasteiger partial charge < -0.3 is 9.64 Å². The Hall–Kier alpha value is -2.44. The van der Waals surface area contributed by atoms with Crippen LogP contribution in [0, 0.1) is 17.7 Å². The average molecular weight is 412 g/mol. The molecule has 0 radical (unpaired) electrons. The number of amides is 1. The first-order valence-corrected chi connectivity index (χ1v) is 10.5. The maximum absolute atomic E-state index is 13.1. The van der Waals surface area contributed by atoms with Crippen molar-refractivity contribution >= 4 is 5.91 Å². The van der Waals surface area contributed by atoms with E-state index in [0.717, 1.165) is 30.9 Å². The number of nitrogens with zero attached hydrogens (tertiary/aromatic N) is 3. The van der Waals surface area contributed by atoms with Crippen molar-refractivity contribution in [1.29, 1.82) is 0 Å². The zero-order valence-electron chi connectivity index (χ0n) is 17.9. The van der Waals surface area contributed by atoms with Crippen LogP contribution in [0.2, 0.25) is 0 Å². The average Bonchev–Trinajstić information content (AvgIpc) is 3.26. The second kappa shape index (κ2) is 8.74. The Morgan fingerprint density at radius 1 is 1.10 bits per heavy atom. The lowest BCUT2D eigenvalue weighted by Crippen LogP contribution is -2.39. The molecule has 2 heterocycles. The fourth-order valence-electron chi connectivity index (χ4n) is 5.05. The number of hydrogen-bond acceptors (Lipinski definition) is 4. The molecule has 160 valence electrons. The first kappa shape index (κ1) is 20.8. The minimum Gasteiger partial charge on any atom is -0.497 e. The lowest BCUT2D eigenvalue weighted by molar-refractivity contribution is -0.131. The van der Waals surface area contributed by atoms with Gasteiger partial charge in [-0.25, -0.2) is 4.39 Å². The van der Waals surface area contributed by atoms with Crippen molar-refractivity contribution in [3.63, 3.8) is 0 Å². The number of likely N-dealkylation sites (tertiary alicyclic amines) is 2. The number of hydrogen-bond donors (Lipinski definition) is 0. The van der Waals surface area contributed by atoms with E-state index in [0.29, 0.717) is 31.0 Å². The Morgan fingerprint density at radius 2 is 1.80 bits per heavy atom. The maximum Gasteiger partial charge on any atom is 0.236 e. The number of benzene rings is 2. The number of carbonyl (C=O) groups excluding carboxylic acids is 1. The molecule has 0 spiro atoms. The standard InChI is InChI=1S/C24H30FN3O2/c1-26(12-17-4-8-20(25)9-5-17)16-23(29)28-14-19-13-27(2)24(22(19)15-28)18-6-10-21(30-3)11-7-18/h4-11,19,22,24H,12-16H2,1-3H3/t19-,22+,24-/m0/s1. The predicted octanol–water partition coefficient (Wildman–Crippen LogP) is 3.03. The molecule has 2 fully saturated rings. The van der Waals surface area contributed by atoms with E-state index >= 15 is 0 Å². The molecule has 4 rings (SSSR count). The Bertz CT molecular complexity index is 871. The van der Waals surface area contributed by atoms with E-state index in [1.54, 1.807) is 19.2 Å². The van der Waals surface area contributed by atoms with Gasteiger partial charge in [-0.2, -0.15) is 0 Å². The molecule has 6 heteroatoms. The van der Waals surface area contributed by atoms with Gasteiger partial charge in [-0.3, -0.25) is 14.6 Å². The number of ether oxygens (including phenoxy) is 1. The van der Waals surface area contributed by atoms with Gasteiger partial charge in [0.25, 0.3) is 0 Å². The molecule has 0 N–H and O–H groups in total. The van der Waals surface area contributed by atoms with Crippen molar-refractivity contribution in [2.45, 2.75) is 12.6 Å². The van der Waals surface area contributed by atoms with E-state index < -0.39 is 0 Å². The third kappa shape index (κ3) is 4.35. The lowest BCUT2D eigenvalue weighted by atomic mass is 9.89. The highest BCUT2D eigenvalue weighted by molar-refractivity contribution is 5.78. The zero-order chi connectivity index (χ0) is 21.3. The second-order valence-corrected chi connectivity index (χ2v) is 8.68. The Balaban J connectivity index is 1.36. The molecular weight excluding hydrogens is 381 g/mol. The highest BCUT2D eigenvalue weighted by atomic mass is 19.1. The van der Waals surface area contributed by atoms with Crippen LogP contribution in [0.15, 0.2) is 48.5 Å². The van der Waals surface area contributed by atoms with Gasteiger partial charge in [0, 0.05) is 38.1 Å². The molecule has 0 aliphatic carbocycles. The first-order valence-electron chi connectivity index (χ1n) is 10.5. The summed E-state index contributed by atoms with van der Waals surface area (Å²) in [7, 11) is 5.79. The Morgan fingerprint density at radius 3 is 2.47 bits per heavy atom. The molecule has 2 aromatic rings. The van der Waals surface area contributed by atoms with Crippen molar-refractivity contribution in [1.82, 2.24) is 14.7 Å². The normalized spacial score (nSPS) is 23.8. The third-order valence-electron chi connectivity index (χ3n) is 6.48. The van der Waals surface area contributed by atoms with Crippen LogP contribution in [0.25, 0.3) is 0 Å². The molecule has 0 saturated carbocycles. The molecule has 0 unspecified atom stereocenters. The summed E-state index contributed by atoms with van der Waals surface area (Å²) in [6.07, 6.45) is 0. The van der Waals surface area contributed by atoms with Crippen LogP contribution in [-0.2, 0) is 11.3 Å². The van der Waals surface area contributed by atoms with E-state index in [1.807, 2.05) is 29.0 Å².